The first kappa shape index (κ1) is 22.0. The standard InChI is InChI=1S/C24H20N4O4S/c1-16(29)19-8-5-9-20(14-19)28-33(31,32)21-12-10-18(11-13-21)23(30)27-24-25-15-22(26-24)17-6-3-2-4-7-17/h2-15,28H,1H3,(H2,25,26,27,30). The summed E-state index contributed by atoms with van der Waals surface area (Å²) in [5.74, 6) is -0.323. The maximum atomic E-state index is 12.7. The van der Waals surface area contributed by atoms with Gasteiger partial charge in [0.1, 0.15) is 0 Å². The zero-order chi connectivity index (χ0) is 23.4. The number of imidazole rings is 1. The predicted octanol–water partition coefficient (Wildman–Crippen LogP) is 4.33. The topological polar surface area (TPSA) is 121 Å². The molecule has 0 radical (unpaired) electrons. The molecule has 8 nitrogen and oxygen atoms in total. The van der Waals surface area contributed by atoms with Gasteiger partial charge in [0.05, 0.1) is 16.8 Å². The van der Waals surface area contributed by atoms with Gasteiger partial charge in [0.2, 0.25) is 5.95 Å². The first-order chi connectivity index (χ1) is 15.8. The zero-order valence-corrected chi connectivity index (χ0v) is 18.4. The Labute approximate surface area is 190 Å². The number of aromatic nitrogens is 2. The average Bonchev–Trinajstić information content (AvgIpc) is 3.28. The lowest BCUT2D eigenvalue weighted by molar-refractivity contribution is 0.101. The van der Waals surface area contributed by atoms with E-state index < -0.39 is 15.9 Å². The Bertz CT molecular complexity index is 1410. The number of H-pyrrole nitrogens is 1. The number of hydrogen-bond donors (Lipinski definition) is 3. The van der Waals surface area contributed by atoms with Crippen LogP contribution < -0.4 is 10.0 Å². The maximum Gasteiger partial charge on any atom is 0.261 e. The lowest BCUT2D eigenvalue weighted by Gasteiger charge is -2.09. The number of carbonyl (C=O) groups is 2. The molecule has 1 amide bonds. The second kappa shape index (κ2) is 9.09. The fourth-order valence-electron chi connectivity index (χ4n) is 3.13. The van der Waals surface area contributed by atoms with Crippen molar-refractivity contribution in [3.8, 4) is 11.3 Å². The Balaban J connectivity index is 1.45. The molecule has 0 aliphatic heterocycles. The third kappa shape index (κ3) is 5.16. The largest absolute Gasteiger partial charge is 0.324 e. The monoisotopic (exact) mass is 460 g/mol. The molecule has 1 heterocycles. The minimum Gasteiger partial charge on any atom is -0.324 e. The number of nitrogens with zero attached hydrogens (tertiary/aromatic N) is 1. The molecule has 0 aliphatic rings. The van der Waals surface area contributed by atoms with Crippen LogP contribution in [0.3, 0.4) is 0 Å². The highest BCUT2D eigenvalue weighted by molar-refractivity contribution is 7.92. The maximum absolute atomic E-state index is 12.7. The van der Waals surface area contributed by atoms with Crippen molar-refractivity contribution in [3.05, 3.63) is 96.2 Å². The molecule has 0 saturated carbocycles. The molecule has 166 valence electrons. The van der Waals surface area contributed by atoms with Crippen LogP contribution >= 0.6 is 0 Å². The lowest BCUT2D eigenvalue weighted by Crippen LogP contribution is -2.15. The molecule has 0 bridgehead atoms. The van der Waals surface area contributed by atoms with E-state index in [9.17, 15) is 18.0 Å². The second-order valence-corrected chi connectivity index (χ2v) is 8.91. The Morgan fingerprint density at radius 1 is 0.879 bits per heavy atom. The summed E-state index contributed by atoms with van der Waals surface area (Å²) < 4.78 is 27.8. The molecular weight excluding hydrogens is 440 g/mol. The first-order valence-corrected chi connectivity index (χ1v) is 11.5. The van der Waals surface area contributed by atoms with Crippen molar-refractivity contribution in [2.75, 3.05) is 10.0 Å². The molecule has 3 aromatic carbocycles. The van der Waals surface area contributed by atoms with E-state index in [1.54, 1.807) is 24.4 Å². The molecule has 1 aromatic heterocycles. The van der Waals surface area contributed by atoms with Crippen molar-refractivity contribution in [1.29, 1.82) is 0 Å². The molecule has 4 aromatic rings. The number of rotatable bonds is 7. The number of benzene rings is 3. The fraction of sp³-hybridized carbons (Fsp3) is 0.0417. The number of nitrogens with one attached hydrogen (secondary N) is 3. The van der Waals surface area contributed by atoms with Crippen LogP contribution in [-0.2, 0) is 10.0 Å². The van der Waals surface area contributed by atoms with E-state index in [4.69, 9.17) is 0 Å². The number of aromatic amines is 1. The van der Waals surface area contributed by atoms with Crippen molar-refractivity contribution in [3.63, 3.8) is 0 Å². The summed E-state index contributed by atoms with van der Waals surface area (Å²) in [6, 6.07) is 21.3. The SMILES string of the molecule is CC(=O)c1cccc(NS(=O)(=O)c2ccc(C(=O)Nc3ncc(-c4ccccc4)[nH]3)cc2)c1. The molecule has 0 unspecified atom stereocenters. The van der Waals surface area contributed by atoms with E-state index in [1.165, 1.54) is 37.3 Å². The van der Waals surface area contributed by atoms with Crippen LogP contribution in [0.15, 0.2) is 90.0 Å². The summed E-state index contributed by atoms with van der Waals surface area (Å²) in [5, 5.41) is 2.66. The molecule has 33 heavy (non-hydrogen) atoms. The summed E-state index contributed by atoms with van der Waals surface area (Å²) in [6.45, 7) is 1.41. The van der Waals surface area contributed by atoms with Crippen LogP contribution in [-0.4, -0.2) is 30.1 Å². The summed E-state index contributed by atoms with van der Waals surface area (Å²) in [4.78, 5) is 31.2. The van der Waals surface area contributed by atoms with Gasteiger partial charge in [-0.05, 0) is 48.9 Å². The van der Waals surface area contributed by atoms with Gasteiger partial charge in [-0.25, -0.2) is 13.4 Å². The first-order valence-electron chi connectivity index (χ1n) is 9.97. The van der Waals surface area contributed by atoms with Gasteiger partial charge >= 0.3 is 0 Å². The van der Waals surface area contributed by atoms with Crippen LogP contribution in [0.25, 0.3) is 11.3 Å². The molecular formula is C24H20N4O4S. The smallest absolute Gasteiger partial charge is 0.261 e. The van der Waals surface area contributed by atoms with Crippen molar-refractivity contribution < 1.29 is 18.0 Å². The van der Waals surface area contributed by atoms with Crippen molar-refractivity contribution >= 4 is 33.3 Å². The van der Waals surface area contributed by atoms with Crippen LogP contribution in [0.2, 0.25) is 0 Å². The van der Waals surface area contributed by atoms with Crippen LogP contribution in [0.4, 0.5) is 11.6 Å². The highest BCUT2D eigenvalue weighted by Gasteiger charge is 2.16. The van der Waals surface area contributed by atoms with Gasteiger partial charge in [-0.15, -0.1) is 0 Å². The van der Waals surface area contributed by atoms with Crippen molar-refractivity contribution in [2.45, 2.75) is 11.8 Å². The third-order valence-corrected chi connectivity index (χ3v) is 6.24. The van der Waals surface area contributed by atoms with Gasteiger partial charge in [0.25, 0.3) is 15.9 Å². The van der Waals surface area contributed by atoms with Gasteiger partial charge in [-0.1, -0.05) is 42.5 Å². The molecule has 3 N–H and O–H groups in total. The average molecular weight is 461 g/mol. The Kier molecular flexibility index (Phi) is 6.05. The summed E-state index contributed by atoms with van der Waals surface area (Å²) in [7, 11) is -3.90. The van der Waals surface area contributed by atoms with Crippen molar-refractivity contribution in [2.24, 2.45) is 0 Å². The minimum atomic E-state index is -3.90. The number of amides is 1. The van der Waals surface area contributed by atoms with Crippen LogP contribution in [0, 0.1) is 0 Å². The van der Waals surface area contributed by atoms with Gasteiger partial charge in [-0.3, -0.25) is 19.6 Å². The quantitative estimate of drug-likeness (QED) is 0.355. The van der Waals surface area contributed by atoms with Gasteiger partial charge in [0, 0.05) is 16.8 Å². The second-order valence-electron chi connectivity index (χ2n) is 7.23. The predicted molar refractivity (Wildman–Crippen MR) is 126 cm³/mol. The summed E-state index contributed by atoms with van der Waals surface area (Å²) in [5.41, 5.74) is 2.63. The summed E-state index contributed by atoms with van der Waals surface area (Å²) in [6.07, 6.45) is 1.62. The Morgan fingerprint density at radius 3 is 2.30 bits per heavy atom. The zero-order valence-electron chi connectivity index (χ0n) is 17.6. The van der Waals surface area contributed by atoms with Crippen LogP contribution in [0.1, 0.15) is 27.6 Å². The number of anilines is 2. The molecule has 0 aliphatic carbocycles. The van der Waals surface area contributed by atoms with E-state index >= 15 is 0 Å². The van der Waals surface area contributed by atoms with E-state index in [2.05, 4.69) is 20.0 Å². The molecule has 9 heteroatoms. The van der Waals surface area contributed by atoms with Gasteiger partial charge in [0.15, 0.2) is 5.78 Å². The Hall–Kier alpha value is -4.24. The molecule has 0 fully saturated rings. The van der Waals surface area contributed by atoms with E-state index in [0.29, 0.717) is 5.56 Å². The minimum absolute atomic E-state index is 0.0170. The number of carbonyl (C=O) groups excluding carboxylic acids is 2. The van der Waals surface area contributed by atoms with Gasteiger partial charge in [-0.2, -0.15) is 0 Å². The number of Topliss-reactive ketones (excluding diaryl/α,β-unsaturated/α-hetero) is 1. The van der Waals surface area contributed by atoms with Crippen molar-refractivity contribution in [1.82, 2.24) is 9.97 Å². The highest BCUT2D eigenvalue weighted by atomic mass is 32.2. The normalized spacial score (nSPS) is 11.1. The number of hydrogen-bond acceptors (Lipinski definition) is 5. The van der Waals surface area contributed by atoms with Crippen LogP contribution in [0.5, 0.6) is 0 Å². The molecule has 0 atom stereocenters. The third-order valence-electron chi connectivity index (χ3n) is 4.84. The fourth-order valence-corrected chi connectivity index (χ4v) is 4.18. The number of ketones is 1. The van der Waals surface area contributed by atoms with E-state index in [0.717, 1.165) is 11.3 Å². The number of sulfonamides is 1. The van der Waals surface area contributed by atoms with E-state index in [1.807, 2.05) is 30.3 Å². The highest BCUT2D eigenvalue weighted by Crippen LogP contribution is 2.20. The lowest BCUT2D eigenvalue weighted by atomic mass is 10.1. The van der Waals surface area contributed by atoms with Gasteiger partial charge < -0.3 is 4.98 Å². The Morgan fingerprint density at radius 2 is 1.61 bits per heavy atom. The molecule has 0 spiro atoms. The summed E-state index contributed by atoms with van der Waals surface area (Å²) >= 11 is 0. The van der Waals surface area contributed by atoms with E-state index in [-0.39, 0.29) is 27.9 Å². The molecule has 0 saturated heterocycles. The molecule has 4 rings (SSSR count).